The van der Waals surface area contributed by atoms with E-state index in [0.29, 0.717) is 10.2 Å². The molecule has 0 amide bonds. The molecule has 19 heavy (non-hydrogen) atoms. The lowest BCUT2D eigenvalue weighted by Crippen LogP contribution is -2.13. The van der Waals surface area contributed by atoms with Crippen LogP contribution < -0.4 is 5.32 Å². The van der Waals surface area contributed by atoms with Gasteiger partial charge in [0.15, 0.2) is 0 Å². The fourth-order valence-corrected chi connectivity index (χ4v) is 2.21. The molecule has 1 heterocycles. The van der Waals surface area contributed by atoms with Crippen LogP contribution in [0.1, 0.15) is 24.4 Å². The molecule has 0 aliphatic rings. The minimum Gasteiger partial charge on any atom is -0.372 e. The molecule has 2 rings (SSSR count). The Morgan fingerprint density at radius 1 is 1.16 bits per heavy atom. The molecule has 0 aliphatic carbocycles. The normalized spacial score (nSPS) is 12.3. The van der Waals surface area contributed by atoms with E-state index in [-0.39, 0.29) is 11.7 Å². The number of hydrogen-bond acceptors (Lipinski definition) is 3. The van der Waals surface area contributed by atoms with Gasteiger partial charge in [0, 0.05) is 16.9 Å². The van der Waals surface area contributed by atoms with Crippen LogP contribution in [0.5, 0.6) is 0 Å². The summed E-state index contributed by atoms with van der Waals surface area (Å²) in [6.07, 6.45) is 3.13. The summed E-state index contributed by atoms with van der Waals surface area (Å²) >= 11 is 3.04. The molecule has 1 atom stereocenters. The van der Waals surface area contributed by atoms with Crippen LogP contribution in [0.3, 0.4) is 0 Å². The fraction of sp³-hybridized carbons (Fsp3) is 0.231. The first kappa shape index (κ1) is 13.9. The molecule has 1 aromatic carbocycles. The van der Waals surface area contributed by atoms with Crippen molar-refractivity contribution < 1.29 is 8.78 Å². The number of nitrogens with one attached hydrogen (secondary N) is 1. The van der Waals surface area contributed by atoms with Crippen molar-refractivity contribution in [3.05, 3.63) is 52.0 Å². The number of nitrogens with zero attached hydrogens (tertiary/aromatic N) is 2. The molecule has 0 radical (unpaired) electrons. The fourth-order valence-electron chi connectivity index (χ4n) is 1.81. The van der Waals surface area contributed by atoms with Gasteiger partial charge in [-0.2, -0.15) is 0 Å². The van der Waals surface area contributed by atoms with Crippen LogP contribution in [0.4, 0.5) is 14.5 Å². The summed E-state index contributed by atoms with van der Waals surface area (Å²) in [6.45, 7) is 3.58. The summed E-state index contributed by atoms with van der Waals surface area (Å²) < 4.78 is 27.8. The Morgan fingerprint density at radius 2 is 1.74 bits per heavy atom. The summed E-state index contributed by atoms with van der Waals surface area (Å²) in [5.41, 5.74) is 1.21. The minimum atomic E-state index is -0.653. The van der Waals surface area contributed by atoms with Crippen LogP contribution in [-0.2, 0) is 0 Å². The molecule has 3 nitrogen and oxygen atoms in total. The second-order valence-corrected chi connectivity index (χ2v) is 5.05. The highest BCUT2D eigenvalue weighted by molar-refractivity contribution is 9.10. The van der Waals surface area contributed by atoms with E-state index < -0.39 is 11.6 Å². The topological polar surface area (TPSA) is 37.8 Å². The van der Waals surface area contributed by atoms with E-state index >= 15 is 0 Å². The first-order valence-electron chi connectivity index (χ1n) is 5.67. The van der Waals surface area contributed by atoms with Gasteiger partial charge < -0.3 is 5.32 Å². The third-order valence-corrected chi connectivity index (χ3v) is 3.15. The zero-order chi connectivity index (χ0) is 14.0. The van der Waals surface area contributed by atoms with E-state index in [1.165, 1.54) is 12.1 Å². The summed E-state index contributed by atoms with van der Waals surface area (Å²) in [5, 5.41) is 2.79. The second-order valence-electron chi connectivity index (χ2n) is 4.14. The molecule has 1 N–H and O–H groups in total. The van der Waals surface area contributed by atoms with E-state index in [2.05, 4.69) is 31.2 Å². The Bertz CT molecular complexity index is 581. The number of benzene rings is 1. The Kier molecular flexibility index (Phi) is 4.09. The van der Waals surface area contributed by atoms with Crippen molar-refractivity contribution >= 4 is 21.6 Å². The smallest absolute Gasteiger partial charge is 0.150 e. The molecular weight excluding hydrogens is 316 g/mol. The molecule has 6 heteroatoms. The Hall–Kier alpha value is -1.56. The predicted molar refractivity (Wildman–Crippen MR) is 72.9 cm³/mol. The standard InChI is InChI=1S/C13H12BrF2N3/c1-7-12(18-4-3-17-7)8(2)19-13-10(15)5-9(14)6-11(13)16/h3-6,8,19H,1-2H3. The number of halogens is 3. The molecular formula is C13H12BrF2N3. The Morgan fingerprint density at radius 3 is 2.32 bits per heavy atom. The maximum absolute atomic E-state index is 13.7. The molecule has 2 aromatic rings. The molecule has 1 aromatic heterocycles. The molecule has 0 bridgehead atoms. The molecule has 0 aliphatic heterocycles. The van der Waals surface area contributed by atoms with Crippen LogP contribution in [0.15, 0.2) is 29.0 Å². The molecule has 0 saturated heterocycles. The minimum absolute atomic E-state index is 0.166. The van der Waals surface area contributed by atoms with Gasteiger partial charge in [-0.05, 0) is 26.0 Å². The van der Waals surface area contributed by atoms with Gasteiger partial charge in [-0.15, -0.1) is 0 Å². The second kappa shape index (κ2) is 5.61. The zero-order valence-corrected chi connectivity index (χ0v) is 12.0. The number of aryl methyl sites for hydroxylation is 1. The van der Waals surface area contributed by atoms with Crippen LogP contribution in [0.25, 0.3) is 0 Å². The first-order chi connectivity index (χ1) is 8.99. The number of rotatable bonds is 3. The lowest BCUT2D eigenvalue weighted by Gasteiger charge is -2.17. The average Bonchev–Trinajstić information content (AvgIpc) is 2.34. The van der Waals surface area contributed by atoms with E-state index in [1.54, 1.807) is 26.2 Å². The van der Waals surface area contributed by atoms with E-state index in [1.807, 2.05) is 0 Å². The number of aromatic nitrogens is 2. The Labute approximate surface area is 118 Å². The van der Waals surface area contributed by atoms with Gasteiger partial charge in [0.25, 0.3) is 0 Å². The van der Waals surface area contributed by atoms with Crippen LogP contribution >= 0.6 is 15.9 Å². The highest BCUT2D eigenvalue weighted by atomic mass is 79.9. The van der Waals surface area contributed by atoms with E-state index in [0.717, 1.165) is 5.69 Å². The summed E-state index contributed by atoms with van der Waals surface area (Å²) in [5.74, 6) is -1.31. The average molecular weight is 328 g/mol. The summed E-state index contributed by atoms with van der Waals surface area (Å²) in [4.78, 5) is 8.28. The maximum Gasteiger partial charge on any atom is 0.150 e. The van der Waals surface area contributed by atoms with Gasteiger partial charge in [-0.3, -0.25) is 9.97 Å². The van der Waals surface area contributed by atoms with E-state index in [9.17, 15) is 8.78 Å². The lowest BCUT2D eigenvalue weighted by atomic mass is 10.1. The SMILES string of the molecule is Cc1nccnc1C(C)Nc1c(F)cc(Br)cc1F. The van der Waals surface area contributed by atoms with Crippen LogP contribution in [0.2, 0.25) is 0 Å². The maximum atomic E-state index is 13.7. The molecule has 1 unspecified atom stereocenters. The highest BCUT2D eigenvalue weighted by Crippen LogP contribution is 2.27. The predicted octanol–water partition coefficient (Wildman–Crippen LogP) is 4.00. The van der Waals surface area contributed by atoms with Crippen LogP contribution in [-0.4, -0.2) is 9.97 Å². The Balaban J connectivity index is 2.29. The van der Waals surface area contributed by atoms with Gasteiger partial charge in [0.1, 0.15) is 17.3 Å². The zero-order valence-electron chi connectivity index (χ0n) is 10.4. The largest absolute Gasteiger partial charge is 0.372 e. The number of anilines is 1. The van der Waals surface area contributed by atoms with Gasteiger partial charge in [0.2, 0.25) is 0 Å². The van der Waals surface area contributed by atoms with Gasteiger partial charge in [-0.25, -0.2) is 8.78 Å². The van der Waals surface area contributed by atoms with Crippen molar-refractivity contribution in [2.24, 2.45) is 0 Å². The van der Waals surface area contributed by atoms with Gasteiger partial charge in [-0.1, -0.05) is 15.9 Å². The molecule has 0 saturated carbocycles. The lowest BCUT2D eigenvalue weighted by molar-refractivity contribution is 0.582. The molecule has 0 fully saturated rings. The van der Waals surface area contributed by atoms with Crippen molar-refractivity contribution in [2.75, 3.05) is 5.32 Å². The van der Waals surface area contributed by atoms with Crippen molar-refractivity contribution in [3.8, 4) is 0 Å². The summed E-state index contributed by atoms with van der Waals surface area (Å²) in [7, 11) is 0. The molecule has 100 valence electrons. The van der Waals surface area contributed by atoms with Crippen molar-refractivity contribution in [1.82, 2.24) is 9.97 Å². The summed E-state index contributed by atoms with van der Waals surface area (Å²) in [6, 6.07) is 2.07. The monoisotopic (exact) mass is 327 g/mol. The third-order valence-electron chi connectivity index (χ3n) is 2.70. The number of hydrogen-bond donors (Lipinski definition) is 1. The van der Waals surface area contributed by atoms with Gasteiger partial charge >= 0.3 is 0 Å². The first-order valence-corrected chi connectivity index (χ1v) is 6.47. The van der Waals surface area contributed by atoms with Crippen molar-refractivity contribution in [2.45, 2.75) is 19.9 Å². The third kappa shape index (κ3) is 3.07. The van der Waals surface area contributed by atoms with Crippen LogP contribution in [0, 0.1) is 18.6 Å². The van der Waals surface area contributed by atoms with Crippen molar-refractivity contribution in [3.63, 3.8) is 0 Å². The van der Waals surface area contributed by atoms with Gasteiger partial charge in [0.05, 0.1) is 17.4 Å². The molecule has 0 spiro atoms. The highest BCUT2D eigenvalue weighted by Gasteiger charge is 2.16. The van der Waals surface area contributed by atoms with Crippen molar-refractivity contribution in [1.29, 1.82) is 0 Å². The quantitative estimate of drug-likeness (QED) is 0.925. The van der Waals surface area contributed by atoms with E-state index in [4.69, 9.17) is 0 Å².